The minimum absolute atomic E-state index is 0.316. The van der Waals surface area contributed by atoms with Gasteiger partial charge in [0, 0.05) is 28.3 Å². The van der Waals surface area contributed by atoms with E-state index in [0.717, 1.165) is 32.2 Å². The summed E-state index contributed by atoms with van der Waals surface area (Å²) in [5, 5.41) is 14.0. The van der Waals surface area contributed by atoms with Gasteiger partial charge in [0.15, 0.2) is 0 Å². The first kappa shape index (κ1) is 13.9. The molecule has 4 heteroatoms. The molecular weight excluding hydrogens is 328 g/mol. The van der Waals surface area contributed by atoms with E-state index in [1.807, 2.05) is 37.4 Å². The number of phenols is 1. The highest BCUT2D eigenvalue weighted by Crippen LogP contribution is 2.26. The van der Waals surface area contributed by atoms with E-state index in [0.29, 0.717) is 12.3 Å². The fraction of sp³-hybridized carbons (Fsp3) is 0.118. The van der Waals surface area contributed by atoms with E-state index >= 15 is 0 Å². The standard InChI is InChI=1S/C17H15BrN2O/c1-11-9-13(5-7-16(11)21)20-10-12-4-6-15(18)14-3-2-8-19-17(12)14/h2-9,20-21H,10H2,1H3. The van der Waals surface area contributed by atoms with E-state index in [1.54, 1.807) is 6.07 Å². The van der Waals surface area contributed by atoms with Crippen molar-refractivity contribution in [2.45, 2.75) is 13.5 Å². The van der Waals surface area contributed by atoms with Gasteiger partial charge in [-0.25, -0.2) is 0 Å². The minimum Gasteiger partial charge on any atom is -0.508 e. The second kappa shape index (κ2) is 5.74. The van der Waals surface area contributed by atoms with Crippen LogP contribution in [0.1, 0.15) is 11.1 Å². The van der Waals surface area contributed by atoms with Crippen LogP contribution in [0.5, 0.6) is 5.75 Å². The van der Waals surface area contributed by atoms with Crippen LogP contribution in [0.3, 0.4) is 0 Å². The van der Waals surface area contributed by atoms with Crippen molar-refractivity contribution in [1.29, 1.82) is 0 Å². The second-order valence-corrected chi connectivity index (χ2v) is 5.82. The molecule has 1 heterocycles. The molecule has 2 N–H and O–H groups in total. The Morgan fingerprint density at radius 3 is 2.86 bits per heavy atom. The summed E-state index contributed by atoms with van der Waals surface area (Å²) in [6, 6.07) is 13.6. The molecule has 1 aromatic heterocycles. The van der Waals surface area contributed by atoms with Gasteiger partial charge in [-0.05, 0) is 48.4 Å². The molecule has 0 atom stereocenters. The number of aryl methyl sites for hydroxylation is 1. The molecule has 3 nitrogen and oxygen atoms in total. The van der Waals surface area contributed by atoms with Crippen LogP contribution in [0.4, 0.5) is 5.69 Å². The molecule has 0 saturated heterocycles. The molecule has 0 spiro atoms. The Morgan fingerprint density at radius 2 is 2.05 bits per heavy atom. The zero-order valence-corrected chi connectivity index (χ0v) is 13.2. The Bertz CT molecular complexity index is 802. The van der Waals surface area contributed by atoms with Crippen molar-refractivity contribution in [2.24, 2.45) is 0 Å². The summed E-state index contributed by atoms with van der Waals surface area (Å²) in [5.74, 6) is 0.316. The molecule has 0 unspecified atom stereocenters. The van der Waals surface area contributed by atoms with Crippen molar-refractivity contribution in [3.05, 3.63) is 64.3 Å². The molecule has 0 radical (unpaired) electrons. The molecule has 0 bridgehead atoms. The largest absolute Gasteiger partial charge is 0.508 e. The van der Waals surface area contributed by atoms with Gasteiger partial charge < -0.3 is 10.4 Å². The Morgan fingerprint density at radius 1 is 1.19 bits per heavy atom. The number of rotatable bonds is 3. The number of anilines is 1. The van der Waals surface area contributed by atoms with Crippen molar-refractivity contribution >= 4 is 32.5 Å². The number of hydrogen-bond donors (Lipinski definition) is 2. The van der Waals surface area contributed by atoms with E-state index < -0.39 is 0 Å². The van der Waals surface area contributed by atoms with Crippen LogP contribution in [0.25, 0.3) is 10.9 Å². The lowest BCUT2D eigenvalue weighted by Crippen LogP contribution is -2.01. The summed E-state index contributed by atoms with van der Waals surface area (Å²) in [5.41, 5.74) is 3.98. The fourth-order valence-corrected chi connectivity index (χ4v) is 2.75. The highest BCUT2D eigenvalue weighted by Gasteiger charge is 2.05. The Balaban J connectivity index is 1.88. The normalized spacial score (nSPS) is 10.8. The maximum Gasteiger partial charge on any atom is 0.118 e. The molecule has 0 fully saturated rings. The maximum atomic E-state index is 9.56. The van der Waals surface area contributed by atoms with E-state index in [2.05, 4.69) is 38.4 Å². The zero-order valence-electron chi connectivity index (χ0n) is 11.6. The highest BCUT2D eigenvalue weighted by atomic mass is 79.9. The fourth-order valence-electron chi connectivity index (χ4n) is 2.30. The van der Waals surface area contributed by atoms with Gasteiger partial charge >= 0.3 is 0 Å². The number of phenolic OH excluding ortho intramolecular Hbond substituents is 1. The Labute approximate surface area is 131 Å². The first-order valence-electron chi connectivity index (χ1n) is 6.71. The lowest BCUT2D eigenvalue weighted by atomic mass is 10.1. The second-order valence-electron chi connectivity index (χ2n) is 4.96. The first-order valence-corrected chi connectivity index (χ1v) is 7.50. The summed E-state index contributed by atoms with van der Waals surface area (Å²) in [4.78, 5) is 4.48. The monoisotopic (exact) mass is 342 g/mol. The SMILES string of the molecule is Cc1cc(NCc2ccc(Br)c3cccnc23)ccc1O. The zero-order chi connectivity index (χ0) is 14.8. The van der Waals surface area contributed by atoms with Crippen molar-refractivity contribution in [1.82, 2.24) is 4.98 Å². The molecule has 106 valence electrons. The number of benzene rings is 2. The van der Waals surface area contributed by atoms with E-state index in [-0.39, 0.29) is 0 Å². The number of hydrogen-bond acceptors (Lipinski definition) is 3. The Kier molecular flexibility index (Phi) is 3.80. The van der Waals surface area contributed by atoms with Gasteiger partial charge in [-0.15, -0.1) is 0 Å². The summed E-state index contributed by atoms with van der Waals surface area (Å²) < 4.78 is 1.05. The van der Waals surface area contributed by atoms with Gasteiger partial charge in [0.1, 0.15) is 5.75 Å². The van der Waals surface area contributed by atoms with Crippen LogP contribution < -0.4 is 5.32 Å². The van der Waals surface area contributed by atoms with Crippen molar-refractivity contribution in [3.8, 4) is 5.75 Å². The number of pyridine rings is 1. The quantitative estimate of drug-likeness (QED) is 0.682. The summed E-state index contributed by atoms with van der Waals surface area (Å²) in [6.45, 7) is 2.57. The van der Waals surface area contributed by atoms with Crippen LogP contribution >= 0.6 is 15.9 Å². The summed E-state index contributed by atoms with van der Waals surface area (Å²) in [7, 11) is 0. The van der Waals surface area contributed by atoms with Crippen LogP contribution in [-0.4, -0.2) is 10.1 Å². The van der Waals surface area contributed by atoms with Crippen molar-refractivity contribution in [2.75, 3.05) is 5.32 Å². The predicted molar refractivity (Wildman–Crippen MR) is 89.6 cm³/mol. The maximum absolute atomic E-state index is 9.56. The number of aromatic hydroxyl groups is 1. The van der Waals surface area contributed by atoms with Crippen LogP contribution in [-0.2, 0) is 6.54 Å². The molecule has 3 rings (SSSR count). The molecule has 21 heavy (non-hydrogen) atoms. The molecule has 0 saturated carbocycles. The molecule has 0 aliphatic rings. The summed E-state index contributed by atoms with van der Waals surface area (Å²) in [6.07, 6.45) is 1.81. The lowest BCUT2D eigenvalue weighted by molar-refractivity contribution is 0.471. The van der Waals surface area contributed by atoms with Gasteiger partial charge in [0.05, 0.1) is 5.52 Å². The first-order chi connectivity index (χ1) is 10.1. The van der Waals surface area contributed by atoms with Gasteiger partial charge in [0.25, 0.3) is 0 Å². The third kappa shape index (κ3) is 2.85. The van der Waals surface area contributed by atoms with E-state index in [4.69, 9.17) is 0 Å². The topological polar surface area (TPSA) is 45.2 Å². The number of fused-ring (bicyclic) bond motifs is 1. The third-order valence-electron chi connectivity index (χ3n) is 3.48. The van der Waals surface area contributed by atoms with Gasteiger partial charge in [0.2, 0.25) is 0 Å². The van der Waals surface area contributed by atoms with Crippen molar-refractivity contribution < 1.29 is 5.11 Å². The number of aromatic nitrogens is 1. The smallest absolute Gasteiger partial charge is 0.118 e. The summed E-state index contributed by atoms with van der Waals surface area (Å²) >= 11 is 3.56. The molecular formula is C17H15BrN2O. The third-order valence-corrected chi connectivity index (χ3v) is 4.17. The Hall–Kier alpha value is -2.07. The average molecular weight is 343 g/mol. The molecule has 0 aliphatic heterocycles. The predicted octanol–water partition coefficient (Wildman–Crippen LogP) is 4.62. The van der Waals surface area contributed by atoms with Gasteiger partial charge in [-0.2, -0.15) is 0 Å². The van der Waals surface area contributed by atoms with E-state index in [9.17, 15) is 5.11 Å². The molecule has 2 aromatic carbocycles. The van der Waals surface area contributed by atoms with Crippen LogP contribution in [0.2, 0.25) is 0 Å². The van der Waals surface area contributed by atoms with Crippen LogP contribution in [0, 0.1) is 6.92 Å². The van der Waals surface area contributed by atoms with Crippen molar-refractivity contribution in [3.63, 3.8) is 0 Å². The minimum atomic E-state index is 0.316. The van der Waals surface area contributed by atoms with E-state index in [1.165, 1.54) is 0 Å². The number of nitrogens with zero attached hydrogens (tertiary/aromatic N) is 1. The van der Waals surface area contributed by atoms with Crippen LogP contribution in [0.15, 0.2) is 53.1 Å². The van der Waals surface area contributed by atoms with Gasteiger partial charge in [-0.1, -0.05) is 28.1 Å². The highest BCUT2D eigenvalue weighted by molar-refractivity contribution is 9.10. The number of nitrogens with one attached hydrogen (secondary N) is 1. The molecule has 3 aromatic rings. The molecule has 0 aliphatic carbocycles. The molecule has 0 amide bonds. The lowest BCUT2D eigenvalue weighted by Gasteiger charge is -2.11. The van der Waals surface area contributed by atoms with Gasteiger partial charge in [-0.3, -0.25) is 4.98 Å². The average Bonchev–Trinajstić information content (AvgIpc) is 2.50. The number of halogens is 1.